The van der Waals surface area contributed by atoms with E-state index >= 15 is 0 Å². The minimum absolute atomic E-state index is 0.0333. The van der Waals surface area contributed by atoms with Crippen molar-refractivity contribution >= 4 is 11.6 Å². The number of likely N-dealkylation sites (tertiary alicyclic amines) is 1. The summed E-state index contributed by atoms with van der Waals surface area (Å²) in [5.74, 6) is -0.0333. The average Bonchev–Trinajstić information content (AvgIpc) is 2.69. The summed E-state index contributed by atoms with van der Waals surface area (Å²) in [6.07, 6.45) is 0.404. The molecule has 0 saturated carbocycles. The van der Waals surface area contributed by atoms with E-state index in [0.717, 1.165) is 18.7 Å². The average molecular weight is 277 g/mol. The molecule has 20 heavy (non-hydrogen) atoms. The van der Waals surface area contributed by atoms with Crippen LogP contribution < -0.4 is 5.32 Å². The number of para-hydroxylation sites is 1. The quantitative estimate of drug-likeness (QED) is 0.828. The first-order valence-corrected chi connectivity index (χ1v) is 6.96. The van der Waals surface area contributed by atoms with E-state index < -0.39 is 0 Å². The van der Waals surface area contributed by atoms with Crippen LogP contribution in [0.5, 0.6) is 0 Å². The fourth-order valence-electron chi connectivity index (χ4n) is 2.67. The van der Waals surface area contributed by atoms with Gasteiger partial charge in [0.2, 0.25) is 5.91 Å². The topological polar surface area (TPSA) is 55.8 Å². The van der Waals surface area contributed by atoms with Gasteiger partial charge in [-0.25, -0.2) is 0 Å². The van der Waals surface area contributed by atoms with Gasteiger partial charge in [-0.3, -0.25) is 9.69 Å². The lowest BCUT2D eigenvalue weighted by Crippen LogP contribution is -2.41. The summed E-state index contributed by atoms with van der Waals surface area (Å²) >= 11 is 0. The highest BCUT2D eigenvalue weighted by Crippen LogP contribution is 2.18. The third-order valence-corrected chi connectivity index (χ3v) is 3.49. The Balaban J connectivity index is 1.89. The van der Waals surface area contributed by atoms with Crippen molar-refractivity contribution in [3.63, 3.8) is 0 Å². The molecule has 2 unspecified atom stereocenters. The molecule has 2 N–H and O–H groups in total. The molecule has 2 atom stereocenters. The molecule has 5 heteroatoms. The van der Waals surface area contributed by atoms with Crippen molar-refractivity contribution in [3.05, 3.63) is 30.3 Å². The molecular formula is C15H23N3O2. The molecule has 0 bridgehead atoms. The summed E-state index contributed by atoms with van der Waals surface area (Å²) < 4.78 is 0. The van der Waals surface area contributed by atoms with Gasteiger partial charge in [-0.15, -0.1) is 0 Å². The highest BCUT2D eigenvalue weighted by atomic mass is 16.3. The number of aliphatic hydroxyl groups excluding tert-OH is 1. The van der Waals surface area contributed by atoms with Gasteiger partial charge in [0.05, 0.1) is 12.6 Å². The number of hydrogen-bond donors (Lipinski definition) is 2. The van der Waals surface area contributed by atoms with Crippen LogP contribution in [0, 0.1) is 0 Å². The number of β-amino-alcohol motifs (C(OH)–C–C–N with tert-alkyl or cyclic N) is 1. The fourth-order valence-corrected chi connectivity index (χ4v) is 2.67. The van der Waals surface area contributed by atoms with E-state index in [4.69, 9.17) is 0 Å². The third kappa shape index (κ3) is 4.30. The Labute approximate surface area is 120 Å². The molecule has 1 saturated heterocycles. The summed E-state index contributed by atoms with van der Waals surface area (Å²) in [7, 11) is 4.01. The maximum Gasteiger partial charge on any atom is 0.238 e. The van der Waals surface area contributed by atoms with E-state index in [2.05, 4.69) is 15.1 Å². The number of rotatable bonds is 5. The second-order valence-electron chi connectivity index (χ2n) is 5.65. The Morgan fingerprint density at radius 2 is 2.10 bits per heavy atom. The number of carbonyl (C=O) groups is 1. The van der Waals surface area contributed by atoms with Crippen LogP contribution in [-0.4, -0.2) is 66.7 Å². The zero-order chi connectivity index (χ0) is 14.5. The van der Waals surface area contributed by atoms with Crippen LogP contribution >= 0.6 is 0 Å². The van der Waals surface area contributed by atoms with Gasteiger partial charge >= 0.3 is 0 Å². The lowest BCUT2D eigenvalue weighted by Gasteiger charge is -2.26. The van der Waals surface area contributed by atoms with Gasteiger partial charge in [0, 0.05) is 24.8 Å². The molecule has 2 rings (SSSR count). The van der Waals surface area contributed by atoms with Crippen LogP contribution in [0.1, 0.15) is 6.42 Å². The smallest absolute Gasteiger partial charge is 0.238 e. The Kier molecular flexibility index (Phi) is 5.11. The van der Waals surface area contributed by atoms with E-state index in [1.807, 2.05) is 44.4 Å². The highest BCUT2D eigenvalue weighted by molar-refractivity contribution is 5.92. The van der Waals surface area contributed by atoms with Crippen molar-refractivity contribution in [2.45, 2.75) is 18.6 Å². The molecule has 1 amide bonds. The molecule has 1 heterocycles. The number of nitrogens with one attached hydrogen (secondary N) is 1. The van der Waals surface area contributed by atoms with Crippen LogP contribution in [0.25, 0.3) is 0 Å². The molecule has 1 aliphatic heterocycles. The van der Waals surface area contributed by atoms with Crippen LogP contribution in [-0.2, 0) is 4.79 Å². The van der Waals surface area contributed by atoms with Crippen LogP contribution in [0.15, 0.2) is 30.3 Å². The largest absolute Gasteiger partial charge is 0.392 e. The standard InChI is InChI=1S/C15H23N3O2/c1-17(2)9-13-8-14(19)10-18(13)11-15(20)16-12-6-4-3-5-7-12/h3-7,13-14,19H,8-11H2,1-2H3,(H,16,20). The van der Waals surface area contributed by atoms with Gasteiger partial charge in [-0.05, 0) is 32.6 Å². The molecule has 0 aliphatic carbocycles. The third-order valence-electron chi connectivity index (χ3n) is 3.49. The van der Waals surface area contributed by atoms with Crippen molar-refractivity contribution in [3.8, 4) is 0 Å². The van der Waals surface area contributed by atoms with Crippen LogP contribution in [0.4, 0.5) is 5.69 Å². The zero-order valence-electron chi connectivity index (χ0n) is 12.1. The van der Waals surface area contributed by atoms with E-state index in [1.54, 1.807) is 0 Å². The van der Waals surface area contributed by atoms with Crippen molar-refractivity contribution < 1.29 is 9.90 Å². The summed E-state index contributed by atoms with van der Waals surface area (Å²) in [6, 6.07) is 9.68. The number of hydrogen-bond acceptors (Lipinski definition) is 4. The maximum atomic E-state index is 12.1. The van der Waals surface area contributed by atoms with Crippen LogP contribution in [0.2, 0.25) is 0 Å². The number of nitrogens with zero attached hydrogens (tertiary/aromatic N) is 2. The molecule has 0 radical (unpaired) electrons. The lowest BCUT2D eigenvalue weighted by molar-refractivity contribution is -0.117. The van der Waals surface area contributed by atoms with Crippen molar-refractivity contribution in [1.82, 2.24) is 9.80 Å². The Morgan fingerprint density at radius 1 is 1.40 bits per heavy atom. The molecule has 1 aliphatic rings. The molecule has 110 valence electrons. The molecule has 1 aromatic rings. The number of aliphatic hydroxyl groups is 1. The Morgan fingerprint density at radius 3 is 2.75 bits per heavy atom. The van der Waals surface area contributed by atoms with E-state index in [-0.39, 0.29) is 18.1 Å². The minimum atomic E-state index is -0.329. The van der Waals surface area contributed by atoms with Gasteiger partial charge in [0.1, 0.15) is 0 Å². The maximum absolute atomic E-state index is 12.1. The fraction of sp³-hybridized carbons (Fsp3) is 0.533. The SMILES string of the molecule is CN(C)CC1CC(O)CN1CC(=O)Nc1ccccc1. The van der Waals surface area contributed by atoms with E-state index in [1.165, 1.54) is 0 Å². The number of likely N-dealkylation sites (N-methyl/N-ethyl adjacent to an activating group) is 1. The van der Waals surface area contributed by atoms with Gasteiger partial charge in [0.25, 0.3) is 0 Å². The van der Waals surface area contributed by atoms with E-state index in [0.29, 0.717) is 13.1 Å². The first kappa shape index (κ1) is 15.0. The van der Waals surface area contributed by atoms with E-state index in [9.17, 15) is 9.90 Å². The molecule has 1 aromatic carbocycles. The lowest BCUT2D eigenvalue weighted by atomic mass is 10.2. The first-order chi connectivity index (χ1) is 9.54. The van der Waals surface area contributed by atoms with Gasteiger partial charge in [-0.2, -0.15) is 0 Å². The molecular weight excluding hydrogens is 254 g/mol. The summed E-state index contributed by atoms with van der Waals surface area (Å²) in [5.41, 5.74) is 0.807. The second kappa shape index (κ2) is 6.83. The summed E-state index contributed by atoms with van der Waals surface area (Å²) in [5, 5.41) is 12.7. The minimum Gasteiger partial charge on any atom is -0.392 e. The van der Waals surface area contributed by atoms with Crippen molar-refractivity contribution in [2.75, 3.05) is 39.0 Å². The van der Waals surface area contributed by atoms with Gasteiger partial charge < -0.3 is 15.3 Å². The number of anilines is 1. The van der Waals surface area contributed by atoms with Gasteiger partial charge in [0.15, 0.2) is 0 Å². The Bertz CT molecular complexity index is 436. The predicted octanol–water partition coefficient (Wildman–Crippen LogP) is 0.622. The molecule has 0 spiro atoms. The first-order valence-electron chi connectivity index (χ1n) is 6.96. The number of carbonyl (C=O) groups excluding carboxylic acids is 1. The molecule has 1 fully saturated rings. The summed E-state index contributed by atoms with van der Waals surface area (Å²) in [4.78, 5) is 16.2. The second-order valence-corrected chi connectivity index (χ2v) is 5.65. The molecule has 0 aromatic heterocycles. The highest BCUT2D eigenvalue weighted by Gasteiger charge is 2.32. The van der Waals surface area contributed by atoms with Gasteiger partial charge in [-0.1, -0.05) is 18.2 Å². The number of benzene rings is 1. The summed E-state index contributed by atoms with van der Waals surface area (Å²) in [6.45, 7) is 1.75. The van der Waals surface area contributed by atoms with Crippen LogP contribution in [0.3, 0.4) is 0 Å². The number of amides is 1. The zero-order valence-corrected chi connectivity index (χ0v) is 12.1. The Hall–Kier alpha value is -1.43. The van der Waals surface area contributed by atoms with Crippen molar-refractivity contribution in [1.29, 1.82) is 0 Å². The van der Waals surface area contributed by atoms with Crippen molar-refractivity contribution in [2.24, 2.45) is 0 Å². The molecule has 5 nitrogen and oxygen atoms in total. The predicted molar refractivity (Wildman–Crippen MR) is 79.6 cm³/mol. The normalized spacial score (nSPS) is 23.2. The monoisotopic (exact) mass is 277 g/mol.